The topological polar surface area (TPSA) is 80.0 Å². The molecule has 6 nitrogen and oxygen atoms in total. The third-order valence-corrected chi connectivity index (χ3v) is 2.44. The number of nitrogens with zero attached hydrogens (tertiary/aromatic N) is 2. The van der Waals surface area contributed by atoms with Crippen LogP contribution in [-0.4, -0.2) is 16.0 Å². The van der Waals surface area contributed by atoms with E-state index in [1.165, 1.54) is 0 Å². The van der Waals surface area contributed by atoms with Gasteiger partial charge in [0.1, 0.15) is 11.6 Å². The van der Waals surface area contributed by atoms with Gasteiger partial charge in [0, 0.05) is 12.0 Å². The molecule has 6 heteroatoms. The maximum Gasteiger partial charge on any atom is 0.226 e. The van der Waals surface area contributed by atoms with Crippen molar-refractivity contribution in [3.05, 3.63) is 30.2 Å². The largest absolute Gasteiger partial charge is 0.360 e. The zero-order valence-electron chi connectivity index (χ0n) is 11.1. The molecule has 0 spiro atoms. The minimum absolute atomic E-state index is 0.0327. The summed E-state index contributed by atoms with van der Waals surface area (Å²) in [7, 11) is 0. The van der Waals surface area contributed by atoms with Crippen molar-refractivity contribution in [1.82, 2.24) is 10.1 Å². The molecule has 2 N–H and O–H groups in total. The van der Waals surface area contributed by atoms with E-state index in [1.807, 2.05) is 20.8 Å². The molecule has 0 aliphatic rings. The highest BCUT2D eigenvalue weighted by atomic mass is 16.5. The van der Waals surface area contributed by atoms with Gasteiger partial charge < -0.3 is 15.2 Å². The number of aromatic nitrogens is 2. The Bertz CT molecular complexity index is 560. The normalized spacial score (nSPS) is 10.5. The molecule has 19 heavy (non-hydrogen) atoms. The van der Waals surface area contributed by atoms with E-state index in [0.717, 1.165) is 5.76 Å². The lowest BCUT2D eigenvalue weighted by molar-refractivity contribution is -0.118. The average Bonchev–Trinajstić information content (AvgIpc) is 2.77. The standard InChI is InChI=1S/C13H16N4O2/c1-8(2)13(18)15-10-4-5-11(14-7-10)16-12-6-9(3)19-17-12/h4-8H,1-3H3,(H,15,18)(H,14,16,17). The Hall–Kier alpha value is -2.37. The Morgan fingerprint density at radius 2 is 2.11 bits per heavy atom. The Kier molecular flexibility index (Phi) is 3.79. The van der Waals surface area contributed by atoms with Crippen LogP contribution in [0.15, 0.2) is 28.9 Å². The van der Waals surface area contributed by atoms with Gasteiger partial charge in [0.05, 0.1) is 11.9 Å². The molecule has 2 aromatic rings. The summed E-state index contributed by atoms with van der Waals surface area (Å²) in [5, 5.41) is 9.58. The van der Waals surface area contributed by atoms with Crippen LogP contribution >= 0.6 is 0 Å². The number of amides is 1. The lowest BCUT2D eigenvalue weighted by Gasteiger charge is -2.08. The van der Waals surface area contributed by atoms with Gasteiger partial charge in [0.15, 0.2) is 5.82 Å². The summed E-state index contributed by atoms with van der Waals surface area (Å²) in [5.74, 6) is 1.87. The van der Waals surface area contributed by atoms with Crippen LogP contribution in [0, 0.1) is 12.8 Å². The van der Waals surface area contributed by atoms with Gasteiger partial charge in [-0.1, -0.05) is 19.0 Å². The van der Waals surface area contributed by atoms with Crippen molar-refractivity contribution in [1.29, 1.82) is 0 Å². The molecule has 2 aromatic heterocycles. The van der Waals surface area contributed by atoms with Crippen LogP contribution in [0.4, 0.5) is 17.3 Å². The lowest BCUT2D eigenvalue weighted by Crippen LogP contribution is -2.17. The van der Waals surface area contributed by atoms with Crippen molar-refractivity contribution in [2.45, 2.75) is 20.8 Å². The molecule has 0 saturated carbocycles. The van der Waals surface area contributed by atoms with Gasteiger partial charge in [0.25, 0.3) is 0 Å². The summed E-state index contributed by atoms with van der Waals surface area (Å²) in [5.41, 5.74) is 0.667. The lowest BCUT2D eigenvalue weighted by atomic mass is 10.2. The molecular weight excluding hydrogens is 244 g/mol. The first-order valence-electron chi connectivity index (χ1n) is 6.02. The highest BCUT2D eigenvalue weighted by Crippen LogP contribution is 2.16. The molecular formula is C13H16N4O2. The fraction of sp³-hybridized carbons (Fsp3) is 0.308. The zero-order chi connectivity index (χ0) is 13.8. The third-order valence-electron chi connectivity index (χ3n) is 2.44. The molecule has 0 aliphatic carbocycles. The molecule has 0 aliphatic heterocycles. The Labute approximate surface area is 111 Å². The smallest absolute Gasteiger partial charge is 0.226 e. The number of pyridine rings is 1. The molecule has 0 radical (unpaired) electrons. The number of hydrogen-bond acceptors (Lipinski definition) is 5. The van der Waals surface area contributed by atoms with E-state index in [2.05, 4.69) is 20.8 Å². The van der Waals surface area contributed by atoms with Crippen molar-refractivity contribution in [3.63, 3.8) is 0 Å². The van der Waals surface area contributed by atoms with Gasteiger partial charge in [-0.05, 0) is 19.1 Å². The molecule has 2 heterocycles. The van der Waals surface area contributed by atoms with Crippen molar-refractivity contribution in [3.8, 4) is 0 Å². The van der Waals surface area contributed by atoms with Crippen LogP contribution < -0.4 is 10.6 Å². The van der Waals surface area contributed by atoms with Crippen LogP contribution in [0.25, 0.3) is 0 Å². The number of carbonyl (C=O) groups excluding carboxylic acids is 1. The molecule has 0 fully saturated rings. The second-order valence-electron chi connectivity index (χ2n) is 4.52. The quantitative estimate of drug-likeness (QED) is 0.883. The van der Waals surface area contributed by atoms with E-state index < -0.39 is 0 Å². The molecule has 0 aromatic carbocycles. The van der Waals surface area contributed by atoms with Crippen LogP contribution in [0.5, 0.6) is 0 Å². The molecule has 0 saturated heterocycles. The Morgan fingerprint density at radius 3 is 2.63 bits per heavy atom. The predicted molar refractivity (Wildman–Crippen MR) is 72.2 cm³/mol. The highest BCUT2D eigenvalue weighted by molar-refractivity contribution is 5.91. The molecule has 1 amide bonds. The second kappa shape index (κ2) is 5.51. The first kappa shape index (κ1) is 13.1. The minimum Gasteiger partial charge on any atom is -0.360 e. The number of aryl methyl sites for hydroxylation is 1. The van der Waals surface area contributed by atoms with Crippen molar-refractivity contribution < 1.29 is 9.32 Å². The molecule has 100 valence electrons. The monoisotopic (exact) mass is 260 g/mol. The summed E-state index contributed by atoms with van der Waals surface area (Å²) in [6.07, 6.45) is 1.59. The Morgan fingerprint density at radius 1 is 1.32 bits per heavy atom. The number of nitrogens with one attached hydrogen (secondary N) is 2. The number of carbonyl (C=O) groups is 1. The van der Waals surface area contributed by atoms with Crippen LogP contribution in [0.2, 0.25) is 0 Å². The van der Waals surface area contributed by atoms with Crippen LogP contribution in [-0.2, 0) is 4.79 Å². The van der Waals surface area contributed by atoms with Crippen LogP contribution in [0.3, 0.4) is 0 Å². The molecule has 0 atom stereocenters. The molecule has 0 bridgehead atoms. The van der Waals surface area contributed by atoms with E-state index >= 15 is 0 Å². The average molecular weight is 260 g/mol. The third kappa shape index (κ3) is 3.54. The summed E-state index contributed by atoms with van der Waals surface area (Å²) >= 11 is 0. The number of anilines is 3. The van der Waals surface area contributed by atoms with Gasteiger partial charge in [-0.25, -0.2) is 4.98 Å². The summed E-state index contributed by atoms with van der Waals surface area (Å²) in [6.45, 7) is 5.49. The fourth-order valence-corrected chi connectivity index (χ4v) is 1.38. The van der Waals surface area contributed by atoms with E-state index in [9.17, 15) is 4.79 Å². The number of rotatable bonds is 4. The zero-order valence-corrected chi connectivity index (χ0v) is 11.1. The molecule has 0 unspecified atom stereocenters. The van der Waals surface area contributed by atoms with Gasteiger partial charge >= 0.3 is 0 Å². The summed E-state index contributed by atoms with van der Waals surface area (Å²) in [6, 6.07) is 5.32. The van der Waals surface area contributed by atoms with E-state index in [-0.39, 0.29) is 11.8 Å². The number of hydrogen-bond donors (Lipinski definition) is 2. The van der Waals surface area contributed by atoms with Crippen molar-refractivity contribution in [2.24, 2.45) is 5.92 Å². The van der Waals surface area contributed by atoms with Crippen LogP contribution in [0.1, 0.15) is 19.6 Å². The fourth-order valence-electron chi connectivity index (χ4n) is 1.38. The second-order valence-corrected chi connectivity index (χ2v) is 4.52. The minimum atomic E-state index is -0.0593. The predicted octanol–water partition coefficient (Wildman–Crippen LogP) is 2.72. The Balaban J connectivity index is 2.00. The van der Waals surface area contributed by atoms with Gasteiger partial charge in [0.2, 0.25) is 5.91 Å². The van der Waals surface area contributed by atoms with E-state index in [1.54, 1.807) is 24.4 Å². The first-order chi connectivity index (χ1) is 9.04. The van der Waals surface area contributed by atoms with Gasteiger partial charge in [-0.3, -0.25) is 4.79 Å². The maximum absolute atomic E-state index is 11.5. The summed E-state index contributed by atoms with van der Waals surface area (Å²) in [4.78, 5) is 15.7. The van der Waals surface area contributed by atoms with E-state index in [0.29, 0.717) is 17.3 Å². The van der Waals surface area contributed by atoms with Gasteiger partial charge in [-0.15, -0.1) is 0 Å². The summed E-state index contributed by atoms with van der Waals surface area (Å²) < 4.78 is 4.94. The van der Waals surface area contributed by atoms with Crippen molar-refractivity contribution in [2.75, 3.05) is 10.6 Å². The van der Waals surface area contributed by atoms with Gasteiger partial charge in [-0.2, -0.15) is 0 Å². The van der Waals surface area contributed by atoms with Crippen molar-refractivity contribution >= 4 is 23.2 Å². The first-order valence-corrected chi connectivity index (χ1v) is 6.02. The highest BCUT2D eigenvalue weighted by Gasteiger charge is 2.07. The SMILES string of the molecule is Cc1cc(Nc2ccc(NC(=O)C(C)C)cn2)no1. The molecule has 2 rings (SSSR count). The maximum atomic E-state index is 11.5. The van der Waals surface area contributed by atoms with E-state index in [4.69, 9.17) is 4.52 Å².